The molecular formula is C79H128F4N12O15. The van der Waals surface area contributed by atoms with Crippen LogP contribution in [0.2, 0.25) is 0 Å². The van der Waals surface area contributed by atoms with Crippen molar-refractivity contribution < 1.29 is 89.3 Å². The Morgan fingerprint density at radius 3 is 1.92 bits per heavy atom. The molecule has 3 N–H and O–H groups in total. The zero-order valence-electron chi connectivity index (χ0n) is 68.5. The average Bonchev–Trinajstić information content (AvgIpc) is 1.74. The zero-order valence-corrected chi connectivity index (χ0v) is 68.5. The lowest BCUT2D eigenvalue weighted by Gasteiger charge is -2.54. The summed E-state index contributed by atoms with van der Waals surface area (Å²) in [6, 6.07) is -11.3. The molecular weight excluding hydrogens is 1430 g/mol. The summed E-state index contributed by atoms with van der Waals surface area (Å²) in [5, 5.41) is 8.75. The van der Waals surface area contributed by atoms with E-state index in [1.165, 1.54) is 78.7 Å². The number of nitrogens with zero attached hydrogens (tertiary/aromatic N) is 9. The lowest BCUT2D eigenvalue weighted by Crippen LogP contribution is -2.71. The first-order valence-corrected chi connectivity index (χ1v) is 39.9. The molecule has 14 atom stereocenters. The number of likely N-dealkylation sites (N-methyl/N-ethyl adjacent to an activating group) is 6. The molecule has 27 nitrogen and oxygen atoms in total. The minimum Gasteiger partial charge on any atom is -0.381 e. The second-order valence-electron chi connectivity index (χ2n) is 34.8. The van der Waals surface area contributed by atoms with E-state index >= 15 is 47.5 Å². The van der Waals surface area contributed by atoms with E-state index in [1.54, 1.807) is 26.8 Å². The molecule has 2 bridgehead atoms. The van der Waals surface area contributed by atoms with Gasteiger partial charge in [-0.3, -0.25) is 57.5 Å². The van der Waals surface area contributed by atoms with E-state index in [-0.39, 0.29) is 96.6 Å². The number of carbonyl (C=O) groups excluding carboxylic acids is 12. The summed E-state index contributed by atoms with van der Waals surface area (Å²) in [6.07, 6.45) is -2.74. The number of rotatable bonds is 16. The average molecular weight is 1560 g/mol. The molecule has 3 heterocycles. The van der Waals surface area contributed by atoms with E-state index < -0.39 is 210 Å². The van der Waals surface area contributed by atoms with Crippen LogP contribution in [-0.2, 0) is 71.7 Å². The molecule has 622 valence electrons. The van der Waals surface area contributed by atoms with Crippen molar-refractivity contribution in [2.45, 2.75) is 276 Å². The van der Waals surface area contributed by atoms with Crippen molar-refractivity contribution in [3.05, 3.63) is 12.2 Å². The molecule has 31 heteroatoms. The third-order valence-corrected chi connectivity index (χ3v) is 24.1. The summed E-state index contributed by atoms with van der Waals surface area (Å²) < 4.78 is 76.2. The van der Waals surface area contributed by atoms with E-state index in [4.69, 9.17) is 14.2 Å². The normalized spacial score (nSPS) is 31.8. The van der Waals surface area contributed by atoms with Gasteiger partial charge in [-0.05, 0) is 125 Å². The van der Waals surface area contributed by atoms with Crippen molar-refractivity contribution in [1.29, 1.82) is 0 Å². The van der Waals surface area contributed by atoms with Gasteiger partial charge >= 0.3 is 6.18 Å². The Morgan fingerprint density at radius 1 is 0.691 bits per heavy atom. The monoisotopic (exact) mass is 1560 g/mol. The number of methoxy groups -OCH3 is 1. The van der Waals surface area contributed by atoms with E-state index in [2.05, 4.69) is 22.9 Å². The van der Waals surface area contributed by atoms with Gasteiger partial charge in [0, 0.05) is 95.2 Å². The first-order chi connectivity index (χ1) is 51.4. The third-order valence-electron chi connectivity index (χ3n) is 24.1. The number of halogens is 4. The Bertz CT molecular complexity index is 3300. The molecule has 3 aliphatic heterocycles. The van der Waals surface area contributed by atoms with Crippen LogP contribution in [0, 0.1) is 40.4 Å². The highest BCUT2D eigenvalue weighted by Crippen LogP contribution is 2.50. The molecule has 12 amide bonds. The minimum atomic E-state index is -4.93. The third kappa shape index (κ3) is 22.5. The maximum atomic E-state index is 15.9. The summed E-state index contributed by atoms with van der Waals surface area (Å²) in [7, 11) is 10.9. The molecule has 4 unspecified atom stereocenters. The smallest absolute Gasteiger partial charge is 0.381 e. The molecule has 0 radical (unpaired) electrons. The van der Waals surface area contributed by atoms with E-state index in [9.17, 15) is 27.6 Å². The summed E-state index contributed by atoms with van der Waals surface area (Å²) in [6.45, 7) is 17.0. The summed E-state index contributed by atoms with van der Waals surface area (Å²) >= 11 is 0. The predicted molar refractivity (Wildman–Crippen MR) is 402 cm³/mol. The molecule has 6 fully saturated rings. The predicted octanol–water partition coefficient (Wildman–Crippen LogP) is 5.89. The second-order valence-corrected chi connectivity index (χ2v) is 34.8. The maximum Gasteiger partial charge on any atom is 0.397 e. The molecule has 4 aliphatic carbocycles. The first-order valence-electron chi connectivity index (χ1n) is 39.9. The van der Waals surface area contributed by atoms with Crippen LogP contribution >= 0.6 is 0 Å². The van der Waals surface area contributed by atoms with Crippen LogP contribution in [0.3, 0.4) is 0 Å². The highest BCUT2D eigenvalue weighted by Gasteiger charge is 2.60. The van der Waals surface area contributed by atoms with Gasteiger partial charge < -0.3 is 74.3 Å². The Balaban J connectivity index is 1.35. The van der Waals surface area contributed by atoms with E-state index in [0.717, 1.165) is 47.5 Å². The van der Waals surface area contributed by atoms with Gasteiger partial charge in [-0.1, -0.05) is 99.6 Å². The Labute approximate surface area is 648 Å². The number of hydrogen-bond donors (Lipinski definition) is 3. The standard InChI is InChI=1S/C79H128F4N12O15/c1-19-48(5)66-74(106)94(51-31-32-51)43-64(98)89(14)55-25-23-22-24-34-93(73(55)105)58(36-49-28-26-47(4)27-29-49)71(103)88(13)42-62(96)84-54(33-30-50-35-53(80)65(79(81,82)83)61(37-50)108-18)69(101)95-41-52(110-21-3)38-56(95)68(100)86-78(45-77(9,10)46-78)75(107)92(17)59(40-76(6,7)8)72(104)91(16)57(70(102)87(11)12)39-63(97)90(15)60(44-109-20-2)67(99)85-66/h22-23,47-61,65-66H,19-21,24-46H2,1-18H3,(H,84,96)(H,85,99)(H,86,100)/b23-22-/t47?,48-,49?,50?,52+,53?,54-,55-,56-,57-,58-,59-,60-,61?,65?,66-/m0/s1. The molecule has 7 rings (SSSR count). The van der Waals surface area contributed by atoms with Gasteiger partial charge in [0.05, 0.1) is 31.8 Å². The fraction of sp³-hybridized carbons (Fsp3) is 0.823. The van der Waals surface area contributed by atoms with Crippen LogP contribution in [0.15, 0.2) is 12.2 Å². The lowest BCUT2D eigenvalue weighted by molar-refractivity contribution is -0.233. The number of carbonyl (C=O) groups is 12. The molecule has 0 aromatic heterocycles. The Morgan fingerprint density at radius 2 is 1.35 bits per heavy atom. The van der Waals surface area contributed by atoms with Crippen molar-refractivity contribution in [2.75, 3.05) is 102 Å². The number of ether oxygens (including phenoxy) is 3. The van der Waals surface area contributed by atoms with Crippen molar-refractivity contribution >= 4 is 70.9 Å². The van der Waals surface area contributed by atoms with Crippen molar-refractivity contribution in [3.63, 3.8) is 0 Å². The fourth-order valence-electron chi connectivity index (χ4n) is 17.4. The molecule has 0 aromatic carbocycles. The van der Waals surface area contributed by atoms with Gasteiger partial charge in [-0.15, -0.1) is 0 Å². The quantitative estimate of drug-likeness (QED) is 0.120. The molecule has 4 saturated carbocycles. The summed E-state index contributed by atoms with van der Waals surface area (Å²) in [4.78, 5) is 195. The van der Waals surface area contributed by atoms with Gasteiger partial charge in [-0.2, -0.15) is 13.2 Å². The van der Waals surface area contributed by atoms with Gasteiger partial charge in [-0.25, -0.2) is 4.39 Å². The Hall–Kier alpha value is -7.02. The number of alkyl halides is 4. The van der Waals surface area contributed by atoms with E-state index in [1.807, 2.05) is 47.6 Å². The first kappa shape index (κ1) is 90.2. The summed E-state index contributed by atoms with van der Waals surface area (Å²) in [5.74, 6) is -11.9. The number of nitrogens with one attached hydrogen (secondary N) is 3. The highest BCUT2D eigenvalue weighted by molar-refractivity contribution is 6.01. The van der Waals surface area contributed by atoms with Crippen LogP contribution in [0.5, 0.6) is 0 Å². The summed E-state index contributed by atoms with van der Waals surface area (Å²) in [5.41, 5.74) is -3.01. The number of hydrogen-bond acceptors (Lipinski definition) is 15. The Kier molecular flexibility index (Phi) is 31.3. The van der Waals surface area contributed by atoms with Crippen LogP contribution in [0.25, 0.3) is 0 Å². The van der Waals surface area contributed by atoms with Crippen LogP contribution in [0.1, 0.15) is 191 Å². The molecule has 1 spiro atoms. The van der Waals surface area contributed by atoms with Crippen LogP contribution in [0.4, 0.5) is 17.6 Å². The maximum absolute atomic E-state index is 15.9. The van der Waals surface area contributed by atoms with Gasteiger partial charge in [0.2, 0.25) is 70.9 Å². The highest BCUT2D eigenvalue weighted by atomic mass is 19.4. The van der Waals surface area contributed by atoms with Crippen LogP contribution < -0.4 is 16.0 Å². The SMILES string of the molecule is CCOC[C@H]1C(=O)N[C@@H]([C@@H](C)CC)C(=O)N(C2CC2)CC(=O)N(C)[C@H]2C/C=C\CCN(C2=O)[C@@H](CC2CCC(C)CC2)C(=O)N(C)CC(=O)N[C@@H](CCC2CC(F)C(C(F)(F)F)C(OC)C2)C(=O)N2C[C@H](OCC)C[C@H]2C(=O)NC2(CC(C)(C)C2)C(=O)N(C)[C@@H](CC(C)(C)C)C(=O)N(C)[C@H](C(=O)N(C)C)CC(=O)N1C. The van der Waals surface area contributed by atoms with Gasteiger partial charge in [0.15, 0.2) is 0 Å². The van der Waals surface area contributed by atoms with Crippen molar-refractivity contribution in [3.8, 4) is 0 Å². The van der Waals surface area contributed by atoms with Crippen molar-refractivity contribution in [2.24, 2.45) is 40.4 Å². The topological polar surface area (TPSA) is 298 Å². The van der Waals surface area contributed by atoms with Gasteiger partial charge in [0.25, 0.3) is 0 Å². The minimum absolute atomic E-state index is 0.00514. The number of amides is 12. The van der Waals surface area contributed by atoms with Crippen LogP contribution in [-0.4, -0.2) is 302 Å². The lowest BCUT2D eigenvalue weighted by atomic mass is 9.58. The molecule has 0 aromatic rings. The largest absolute Gasteiger partial charge is 0.397 e. The van der Waals surface area contributed by atoms with E-state index in [0.29, 0.717) is 31.6 Å². The molecule has 7 aliphatic rings. The molecule has 110 heavy (non-hydrogen) atoms. The fourth-order valence-corrected chi connectivity index (χ4v) is 17.4. The molecule has 2 saturated heterocycles. The number of fused-ring (bicyclic) bond motifs is 3. The van der Waals surface area contributed by atoms with Crippen molar-refractivity contribution in [1.82, 2.24) is 60.0 Å². The second kappa shape index (κ2) is 38.2. The zero-order chi connectivity index (χ0) is 82.0. The van der Waals surface area contributed by atoms with Gasteiger partial charge in [0.1, 0.15) is 72.5 Å².